The Bertz CT molecular complexity index is 390. The van der Waals surface area contributed by atoms with Crippen LogP contribution in [0, 0.1) is 5.92 Å². The smallest absolute Gasteiger partial charge is 0.146 e. The van der Waals surface area contributed by atoms with Crippen LogP contribution >= 0.6 is 0 Å². The number of likely N-dealkylation sites (tertiary alicyclic amines) is 1. The van der Waals surface area contributed by atoms with E-state index in [9.17, 15) is 0 Å². The highest BCUT2D eigenvalue weighted by Crippen LogP contribution is 2.42. The Morgan fingerprint density at radius 2 is 2.31 bits per heavy atom. The molecule has 1 aliphatic carbocycles. The molecule has 1 aliphatic heterocycles. The molecule has 86 valence electrons. The molecular weight excluding hydrogens is 202 g/mol. The molecule has 0 bridgehead atoms. The Kier molecular flexibility index (Phi) is 2.12. The molecule has 0 unspecified atom stereocenters. The van der Waals surface area contributed by atoms with Gasteiger partial charge in [-0.1, -0.05) is 0 Å². The lowest BCUT2D eigenvalue weighted by Crippen LogP contribution is -2.54. The molecule has 3 rings (SSSR count). The van der Waals surface area contributed by atoms with E-state index in [2.05, 4.69) is 15.1 Å². The van der Waals surface area contributed by atoms with Crippen molar-refractivity contribution in [2.45, 2.75) is 24.9 Å². The predicted octanol–water partition coefficient (Wildman–Crippen LogP) is -0.0181. The Hall–Kier alpha value is -1.20. The van der Waals surface area contributed by atoms with Gasteiger partial charge in [0.15, 0.2) is 0 Å². The first kappa shape index (κ1) is 9.99. The minimum Gasteiger partial charge on any atom is -0.382 e. The third-order valence-corrected chi connectivity index (χ3v) is 3.89. The largest absolute Gasteiger partial charge is 0.382 e. The Morgan fingerprint density at radius 3 is 2.81 bits per heavy atom. The minimum absolute atomic E-state index is 0.0846. The molecule has 1 aromatic heterocycles. The second kappa shape index (κ2) is 3.40. The van der Waals surface area contributed by atoms with Crippen molar-refractivity contribution in [2.24, 2.45) is 11.7 Å². The van der Waals surface area contributed by atoms with Gasteiger partial charge < -0.3 is 11.5 Å². The summed E-state index contributed by atoms with van der Waals surface area (Å²) in [6.45, 7) is 2.93. The maximum Gasteiger partial charge on any atom is 0.146 e. The maximum absolute atomic E-state index is 6.28. The van der Waals surface area contributed by atoms with Crippen LogP contribution in [0.25, 0.3) is 0 Å². The normalized spacial score (nSPS) is 33.4. The summed E-state index contributed by atoms with van der Waals surface area (Å²) in [4.78, 5) is 2.37. The monoisotopic (exact) mass is 219 g/mol. The van der Waals surface area contributed by atoms with Crippen LogP contribution < -0.4 is 11.5 Å². The third kappa shape index (κ3) is 1.56. The van der Waals surface area contributed by atoms with Gasteiger partial charge >= 0.3 is 0 Å². The van der Waals surface area contributed by atoms with E-state index in [1.165, 1.54) is 12.8 Å². The van der Waals surface area contributed by atoms with E-state index in [0.717, 1.165) is 25.3 Å². The van der Waals surface area contributed by atoms with Gasteiger partial charge in [0.2, 0.25) is 0 Å². The van der Waals surface area contributed by atoms with Gasteiger partial charge in [-0.25, -0.2) is 0 Å². The topological polar surface area (TPSA) is 81.1 Å². The van der Waals surface area contributed by atoms with Crippen molar-refractivity contribution in [2.75, 3.05) is 18.8 Å². The van der Waals surface area contributed by atoms with Gasteiger partial charge in [-0.3, -0.25) is 4.90 Å². The summed E-state index contributed by atoms with van der Waals surface area (Å²) in [7, 11) is 0. The number of nitrogen functional groups attached to an aromatic ring is 1. The number of hydrogen-bond acceptors (Lipinski definition) is 5. The van der Waals surface area contributed by atoms with Crippen molar-refractivity contribution < 1.29 is 0 Å². The number of nitrogens with zero attached hydrogens (tertiary/aromatic N) is 3. The van der Waals surface area contributed by atoms with Crippen molar-refractivity contribution in [3.63, 3.8) is 0 Å². The van der Waals surface area contributed by atoms with Crippen LogP contribution in [0.3, 0.4) is 0 Å². The minimum atomic E-state index is 0.0846. The average molecular weight is 219 g/mol. The number of hydrogen-bond donors (Lipinski definition) is 2. The van der Waals surface area contributed by atoms with Crippen LogP contribution in [0.4, 0.5) is 5.82 Å². The molecule has 0 spiro atoms. The number of rotatable bonds is 2. The lowest BCUT2D eigenvalue weighted by atomic mass is 9.70. The Morgan fingerprint density at radius 1 is 1.44 bits per heavy atom. The first-order chi connectivity index (χ1) is 7.66. The van der Waals surface area contributed by atoms with Crippen molar-refractivity contribution in [3.05, 3.63) is 17.8 Å². The van der Waals surface area contributed by atoms with Gasteiger partial charge in [-0.2, -0.15) is 5.10 Å². The van der Waals surface area contributed by atoms with Crippen molar-refractivity contribution in [1.29, 1.82) is 0 Å². The fourth-order valence-corrected chi connectivity index (χ4v) is 2.80. The summed E-state index contributed by atoms with van der Waals surface area (Å²) in [6.07, 6.45) is 2.45. The number of nitrogens with two attached hydrogens (primary N) is 2. The van der Waals surface area contributed by atoms with E-state index < -0.39 is 0 Å². The predicted molar refractivity (Wildman–Crippen MR) is 61.4 cm³/mol. The molecule has 1 saturated heterocycles. The second-order valence-electron chi connectivity index (χ2n) is 5.09. The molecule has 2 fully saturated rings. The van der Waals surface area contributed by atoms with Crippen molar-refractivity contribution in [3.8, 4) is 0 Å². The van der Waals surface area contributed by atoms with Crippen LogP contribution in [0.2, 0.25) is 0 Å². The molecule has 0 amide bonds. The van der Waals surface area contributed by atoms with E-state index in [4.69, 9.17) is 11.5 Å². The third-order valence-electron chi connectivity index (χ3n) is 3.89. The molecule has 5 heteroatoms. The van der Waals surface area contributed by atoms with Crippen molar-refractivity contribution >= 4 is 5.82 Å². The Labute approximate surface area is 94.8 Å². The maximum atomic E-state index is 6.28. The summed E-state index contributed by atoms with van der Waals surface area (Å²) in [5.41, 5.74) is 12.8. The molecule has 1 saturated carbocycles. The zero-order valence-corrected chi connectivity index (χ0v) is 9.26. The van der Waals surface area contributed by atoms with Gasteiger partial charge in [0, 0.05) is 25.2 Å². The van der Waals surface area contributed by atoms with Gasteiger partial charge in [-0.05, 0) is 30.9 Å². The van der Waals surface area contributed by atoms with E-state index in [1.807, 2.05) is 6.07 Å². The first-order valence-corrected chi connectivity index (χ1v) is 5.75. The van der Waals surface area contributed by atoms with E-state index in [-0.39, 0.29) is 5.54 Å². The van der Waals surface area contributed by atoms with Gasteiger partial charge in [0.1, 0.15) is 5.82 Å². The summed E-state index contributed by atoms with van der Waals surface area (Å²) in [5, 5.41) is 7.94. The van der Waals surface area contributed by atoms with E-state index in [0.29, 0.717) is 11.7 Å². The standard InChI is InChI=1S/C11H17N5/c12-10-2-1-9(14-15-10)6-16-5-8-3-4-11(8,13)7-16/h1-2,8H,3-7,13H2,(H2,12,15)/t8-,11-/m0/s1. The molecule has 0 radical (unpaired) electrons. The number of fused-ring (bicyclic) bond motifs is 1. The second-order valence-corrected chi connectivity index (χ2v) is 5.09. The lowest BCUT2D eigenvalue weighted by Gasteiger charge is -2.40. The van der Waals surface area contributed by atoms with Crippen LogP contribution in [-0.4, -0.2) is 33.7 Å². The van der Waals surface area contributed by atoms with Crippen LogP contribution in [-0.2, 0) is 6.54 Å². The molecule has 5 nitrogen and oxygen atoms in total. The zero-order chi connectivity index (χ0) is 11.2. The number of aromatic nitrogens is 2. The highest BCUT2D eigenvalue weighted by Gasteiger charge is 2.49. The lowest BCUT2D eigenvalue weighted by molar-refractivity contribution is 0.188. The SMILES string of the molecule is Nc1ccc(CN2C[C@@H]3CC[C@]3(N)C2)nn1. The fraction of sp³-hybridized carbons (Fsp3) is 0.636. The highest BCUT2D eigenvalue weighted by atomic mass is 15.2. The molecular formula is C11H17N5. The summed E-state index contributed by atoms with van der Waals surface area (Å²) in [5.74, 6) is 1.16. The fourth-order valence-electron chi connectivity index (χ4n) is 2.80. The molecule has 2 atom stereocenters. The zero-order valence-electron chi connectivity index (χ0n) is 9.26. The van der Waals surface area contributed by atoms with Gasteiger partial charge in [0.05, 0.1) is 5.69 Å². The first-order valence-electron chi connectivity index (χ1n) is 5.75. The van der Waals surface area contributed by atoms with E-state index in [1.54, 1.807) is 6.07 Å². The summed E-state index contributed by atoms with van der Waals surface area (Å²) in [6, 6.07) is 3.73. The molecule has 0 aromatic carbocycles. The van der Waals surface area contributed by atoms with Crippen LogP contribution in [0.5, 0.6) is 0 Å². The van der Waals surface area contributed by atoms with Crippen molar-refractivity contribution in [1.82, 2.24) is 15.1 Å². The van der Waals surface area contributed by atoms with Crippen LogP contribution in [0.15, 0.2) is 12.1 Å². The molecule has 4 N–H and O–H groups in total. The Balaban J connectivity index is 1.66. The van der Waals surface area contributed by atoms with Gasteiger partial charge in [-0.15, -0.1) is 5.10 Å². The number of anilines is 1. The summed E-state index contributed by atoms with van der Waals surface area (Å²) >= 11 is 0. The highest BCUT2D eigenvalue weighted by molar-refractivity contribution is 5.25. The summed E-state index contributed by atoms with van der Waals surface area (Å²) < 4.78 is 0. The molecule has 1 aromatic rings. The molecule has 16 heavy (non-hydrogen) atoms. The molecule has 2 aliphatic rings. The van der Waals surface area contributed by atoms with E-state index >= 15 is 0 Å². The van der Waals surface area contributed by atoms with Gasteiger partial charge in [0.25, 0.3) is 0 Å². The average Bonchev–Trinajstić information content (AvgIpc) is 2.46. The quantitative estimate of drug-likeness (QED) is 0.730. The molecule has 2 heterocycles. The van der Waals surface area contributed by atoms with Crippen LogP contribution in [0.1, 0.15) is 18.5 Å².